The number of hydrogen-bond acceptors (Lipinski definition) is 2. The first kappa shape index (κ1) is 25.2. The molecule has 4 heteroatoms. The van der Waals surface area contributed by atoms with E-state index in [1.54, 1.807) is 0 Å². The molecule has 2 atom stereocenters. The topological polar surface area (TPSA) is 74.6 Å². The summed E-state index contributed by atoms with van der Waals surface area (Å²) in [6.07, 6.45) is 14.4. The first-order valence-corrected chi connectivity index (χ1v) is 11.0. The molecule has 4 nitrogen and oxygen atoms in total. The van der Waals surface area contributed by atoms with Gasteiger partial charge >= 0.3 is 11.9 Å². The van der Waals surface area contributed by atoms with Crippen molar-refractivity contribution in [1.29, 1.82) is 0 Å². The number of rotatable bonds is 11. The van der Waals surface area contributed by atoms with Crippen molar-refractivity contribution in [2.24, 2.45) is 17.3 Å². The van der Waals surface area contributed by atoms with Crippen LogP contribution in [0.25, 0.3) is 0 Å². The number of hydrogen-bond donors (Lipinski definition) is 2. The van der Waals surface area contributed by atoms with E-state index < -0.39 is 11.9 Å². The van der Waals surface area contributed by atoms with Crippen LogP contribution in [0.1, 0.15) is 92.4 Å². The van der Waals surface area contributed by atoms with Crippen LogP contribution in [0.5, 0.6) is 0 Å². The molecule has 0 aromatic heterocycles. The molecule has 0 spiro atoms. The summed E-state index contributed by atoms with van der Waals surface area (Å²) in [5, 5.41) is 17.7. The van der Waals surface area contributed by atoms with Gasteiger partial charge in [-0.05, 0) is 76.0 Å². The fourth-order valence-electron chi connectivity index (χ4n) is 4.71. The Morgan fingerprint density at radius 3 is 2.14 bits per heavy atom. The molecule has 0 radical (unpaired) electrons. The van der Waals surface area contributed by atoms with Crippen LogP contribution in [0.4, 0.5) is 0 Å². The highest BCUT2D eigenvalue weighted by atomic mass is 16.4. The summed E-state index contributed by atoms with van der Waals surface area (Å²) in [6.45, 7) is 11.6. The third kappa shape index (κ3) is 9.47. The van der Waals surface area contributed by atoms with Crippen molar-refractivity contribution in [1.82, 2.24) is 0 Å². The maximum Gasteiger partial charge on any atom is 0.331 e. The summed E-state index contributed by atoms with van der Waals surface area (Å²) < 4.78 is 0. The van der Waals surface area contributed by atoms with Gasteiger partial charge in [0.1, 0.15) is 0 Å². The zero-order valence-electron chi connectivity index (χ0n) is 19.0. The Hall–Kier alpha value is -1.84. The maximum atomic E-state index is 11.0. The largest absolute Gasteiger partial charge is 0.478 e. The molecular weight excluding hydrogens is 364 g/mol. The lowest BCUT2D eigenvalue weighted by Crippen LogP contribution is -2.33. The average Bonchev–Trinajstić information content (AvgIpc) is 2.59. The average molecular weight is 405 g/mol. The second-order valence-corrected chi connectivity index (χ2v) is 9.49. The van der Waals surface area contributed by atoms with Gasteiger partial charge in [0.15, 0.2) is 0 Å². The van der Waals surface area contributed by atoms with E-state index >= 15 is 0 Å². The van der Waals surface area contributed by atoms with Gasteiger partial charge in [-0.3, -0.25) is 0 Å². The van der Waals surface area contributed by atoms with E-state index in [2.05, 4.69) is 40.7 Å². The van der Waals surface area contributed by atoms with Crippen LogP contribution in [-0.2, 0) is 9.59 Å². The van der Waals surface area contributed by atoms with Crippen molar-refractivity contribution >= 4 is 11.9 Å². The molecule has 29 heavy (non-hydrogen) atoms. The third-order valence-electron chi connectivity index (χ3n) is 6.53. The van der Waals surface area contributed by atoms with E-state index in [-0.39, 0.29) is 12.0 Å². The first-order valence-electron chi connectivity index (χ1n) is 11.0. The SMILES string of the molecule is CC(=CCCC(=CC(=O)O)C(=O)O)CCC=C(C)CCC1C(C)CCCC1(C)C. The summed E-state index contributed by atoms with van der Waals surface area (Å²) in [5.74, 6) is -0.742. The molecule has 1 rings (SSSR count). The molecule has 0 amide bonds. The quantitative estimate of drug-likeness (QED) is 0.294. The number of aliphatic carboxylic acids is 2. The summed E-state index contributed by atoms with van der Waals surface area (Å²) in [4.78, 5) is 21.7. The smallest absolute Gasteiger partial charge is 0.331 e. The van der Waals surface area contributed by atoms with Crippen LogP contribution in [0.15, 0.2) is 34.9 Å². The maximum absolute atomic E-state index is 11.0. The second-order valence-electron chi connectivity index (χ2n) is 9.49. The molecule has 0 heterocycles. The second kappa shape index (κ2) is 12.0. The van der Waals surface area contributed by atoms with Crippen LogP contribution in [0.2, 0.25) is 0 Å². The highest BCUT2D eigenvalue weighted by Crippen LogP contribution is 2.46. The molecule has 0 aromatic carbocycles. The van der Waals surface area contributed by atoms with Crippen LogP contribution < -0.4 is 0 Å². The van der Waals surface area contributed by atoms with Gasteiger partial charge in [0, 0.05) is 11.6 Å². The van der Waals surface area contributed by atoms with E-state index in [0.717, 1.165) is 30.8 Å². The molecular formula is C25H40O4. The molecule has 0 bridgehead atoms. The molecule has 2 N–H and O–H groups in total. The minimum atomic E-state index is -1.21. The van der Waals surface area contributed by atoms with Crippen LogP contribution in [0, 0.1) is 17.3 Å². The number of carboxylic acid groups (broad SMARTS) is 2. The van der Waals surface area contributed by atoms with Gasteiger partial charge in [0.2, 0.25) is 0 Å². The fraction of sp³-hybridized carbons (Fsp3) is 0.680. The Morgan fingerprint density at radius 1 is 1.00 bits per heavy atom. The molecule has 0 aliphatic heterocycles. The Balaban J connectivity index is 2.42. The van der Waals surface area contributed by atoms with E-state index in [1.807, 2.05) is 6.08 Å². The molecule has 1 fully saturated rings. The Morgan fingerprint density at radius 2 is 1.59 bits per heavy atom. The van der Waals surface area contributed by atoms with Gasteiger partial charge in [-0.25, -0.2) is 9.59 Å². The summed E-state index contributed by atoms with van der Waals surface area (Å²) in [5.41, 5.74) is 3.08. The molecule has 2 unspecified atom stereocenters. The molecule has 0 aromatic rings. The van der Waals surface area contributed by atoms with E-state index in [9.17, 15) is 9.59 Å². The van der Waals surface area contributed by atoms with Gasteiger partial charge in [0.05, 0.1) is 0 Å². The van der Waals surface area contributed by atoms with Gasteiger partial charge in [-0.15, -0.1) is 0 Å². The molecule has 1 saturated carbocycles. The van der Waals surface area contributed by atoms with Crippen LogP contribution >= 0.6 is 0 Å². The van der Waals surface area contributed by atoms with Crippen LogP contribution in [0.3, 0.4) is 0 Å². The molecule has 0 saturated heterocycles. The van der Waals surface area contributed by atoms with Crippen LogP contribution in [-0.4, -0.2) is 22.2 Å². The first-order chi connectivity index (χ1) is 13.5. The lowest BCUT2D eigenvalue weighted by molar-refractivity contribution is -0.135. The van der Waals surface area contributed by atoms with Gasteiger partial charge < -0.3 is 10.2 Å². The van der Waals surface area contributed by atoms with E-state index in [4.69, 9.17) is 10.2 Å². The fourth-order valence-corrected chi connectivity index (χ4v) is 4.71. The molecule has 164 valence electrons. The minimum absolute atomic E-state index is 0.0582. The predicted octanol–water partition coefficient (Wildman–Crippen LogP) is 6.78. The standard InChI is InChI=1S/C25H40O4/c1-18(11-7-13-21(24(28)29)17-23(26)27)9-6-10-19(2)14-15-22-20(3)12-8-16-25(22,4)5/h10-11,17,20,22H,6-9,12-16H2,1-5H3,(H,26,27)(H,28,29). The zero-order chi connectivity index (χ0) is 22.0. The highest BCUT2D eigenvalue weighted by Gasteiger charge is 2.36. The van der Waals surface area contributed by atoms with Gasteiger partial charge in [0.25, 0.3) is 0 Å². The molecule has 1 aliphatic rings. The lowest BCUT2D eigenvalue weighted by Gasteiger charge is -2.43. The molecule has 1 aliphatic carbocycles. The van der Waals surface area contributed by atoms with E-state index in [1.165, 1.54) is 43.3 Å². The van der Waals surface area contributed by atoms with Crippen molar-refractivity contribution in [3.05, 3.63) is 34.9 Å². The summed E-state index contributed by atoms with van der Waals surface area (Å²) in [6, 6.07) is 0. The minimum Gasteiger partial charge on any atom is -0.478 e. The number of carboxylic acids is 2. The Labute approximate surface area is 176 Å². The van der Waals surface area contributed by atoms with Crippen molar-refractivity contribution < 1.29 is 19.8 Å². The van der Waals surface area contributed by atoms with Gasteiger partial charge in [-0.1, -0.05) is 56.9 Å². The Kier molecular flexibility index (Phi) is 10.4. The van der Waals surface area contributed by atoms with Crippen molar-refractivity contribution in [3.63, 3.8) is 0 Å². The zero-order valence-corrected chi connectivity index (χ0v) is 19.0. The third-order valence-corrected chi connectivity index (χ3v) is 6.53. The predicted molar refractivity (Wildman–Crippen MR) is 119 cm³/mol. The van der Waals surface area contributed by atoms with Crippen molar-refractivity contribution in [3.8, 4) is 0 Å². The monoisotopic (exact) mass is 404 g/mol. The summed E-state index contributed by atoms with van der Waals surface area (Å²) in [7, 11) is 0. The number of allylic oxidation sites excluding steroid dienone is 4. The Bertz CT molecular complexity index is 652. The van der Waals surface area contributed by atoms with Gasteiger partial charge in [-0.2, -0.15) is 0 Å². The number of carbonyl (C=O) groups is 2. The highest BCUT2D eigenvalue weighted by molar-refractivity contribution is 5.94. The van der Waals surface area contributed by atoms with Crippen molar-refractivity contribution in [2.45, 2.75) is 92.4 Å². The summed E-state index contributed by atoms with van der Waals surface area (Å²) >= 11 is 0. The van der Waals surface area contributed by atoms with E-state index in [0.29, 0.717) is 11.8 Å². The lowest BCUT2D eigenvalue weighted by atomic mass is 9.62. The van der Waals surface area contributed by atoms with Crippen molar-refractivity contribution in [2.75, 3.05) is 0 Å². The normalized spacial score (nSPS) is 23.1.